The minimum absolute atomic E-state index is 0.759. The molecule has 0 saturated carbocycles. The van der Waals surface area contributed by atoms with E-state index < -0.39 is 0 Å². The zero-order valence-corrected chi connectivity index (χ0v) is 14.5. The van der Waals surface area contributed by atoms with Gasteiger partial charge in [0.2, 0.25) is 0 Å². The molecule has 0 atom stereocenters. The van der Waals surface area contributed by atoms with Crippen molar-refractivity contribution < 1.29 is 4.74 Å². The van der Waals surface area contributed by atoms with Crippen molar-refractivity contribution in [1.82, 2.24) is 0 Å². The number of aryl methyl sites for hydroxylation is 1. The molecule has 0 aliphatic carbocycles. The van der Waals surface area contributed by atoms with Crippen LogP contribution >= 0.6 is 47.8 Å². The maximum atomic E-state index is 5.99. The van der Waals surface area contributed by atoms with Gasteiger partial charge < -0.3 is 4.74 Å². The fourth-order valence-electron chi connectivity index (χ4n) is 1.55. The first-order chi connectivity index (χ1) is 8.60. The maximum Gasteiger partial charge on any atom is 0.131 e. The molecule has 94 valence electrons. The first kappa shape index (κ1) is 14.1. The Morgan fingerprint density at radius 3 is 2.33 bits per heavy atom. The van der Waals surface area contributed by atoms with Gasteiger partial charge >= 0.3 is 0 Å². The molecule has 4 heteroatoms. The summed E-state index contributed by atoms with van der Waals surface area (Å²) in [6, 6.07) is 12.0. The Hall–Kier alpha value is -0.320. The number of ether oxygens (including phenoxy) is 1. The fraction of sp³-hybridized carbons (Fsp3) is 0.143. The molecule has 0 aromatic heterocycles. The van der Waals surface area contributed by atoms with Gasteiger partial charge in [0.15, 0.2) is 0 Å². The van der Waals surface area contributed by atoms with Crippen LogP contribution in [0.2, 0.25) is 0 Å². The maximum absolute atomic E-state index is 5.99. The van der Waals surface area contributed by atoms with Crippen LogP contribution in [-0.4, -0.2) is 0 Å². The molecular formula is C14H11Br3O. The van der Waals surface area contributed by atoms with Crippen LogP contribution in [0.3, 0.4) is 0 Å². The second kappa shape index (κ2) is 6.22. The summed E-state index contributed by atoms with van der Waals surface area (Å²) >= 11 is 10.4. The number of hydrogen-bond acceptors (Lipinski definition) is 1. The van der Waals surface area contributed by atoms with E-state index in [0.29, 0.717) is 0 Å². The van der Waals surface area contributed by atoms with E-state index in [2.05, 4.69) is 53.9 Å². The highest BCUT2D eigenvalue weighted by atomic mass is 79.9. The number of rotatable bonds is 3. The zero-order chi connectivity index (χ0) is 13.1. The number of alkyl halides is 1. The van der Waals surface area contributed by atoms with Gasteiger partial charge in [-0.25, -0.2) is 0 Å². The van der Waals surface area contributed by atoms with Crippen molar-refractivity contribution in [2.45, 2.75) is 12.3 Å². The third-order valence-electron chi connectivity index (χ3n) is 2.54. The summed E-state index contributed by atoms with van der Waals surface area (Å²) in [5, 5.41) is 0.759. The second-order valence-corrected chi connectivity index (χ2v) is 6.29. The highest BCUT2D eigenvalue weighted by Gasteiger charge is 2.07. The molecule has 0 saturated heterocycles. The lowest BCUT2D eigenvalue weighted by molar-refractivity contribution is 0.474. The lowest BCUT2D eigenvalue weighted by Gasteiger charge is -2.12. The number of halogens is 3. The van der Waals surface area contributed by atoms with Gasteiger partial charge in [-0.05, 0) is 42.8 Å². The highest BCUT2D eigenvalue weighted by Crippen LogP contribution is 2.32. The quantitative estimate of drug-likeness (QED) is 0.522. The summed E-state index contributed by atoms with van der Waals surface area (Å²) in [7, 11) is 0. The summed E-state index contributed by atoms with van der Waals surface area (Å²) in [5.74, 6) is 1.74. The Kier molecular flexibility index (Phi) is 4.87. The van der Waals surface area contributed by atoms with Gasteiger partial charge in [-0.2, -0.15) is 0 Å². The van der Waals surface area contributed by atoms with E-state index in [9.17, 15) is 0 Å². The van der Waals surface area contributed by atoms with Crippen molar-refractivity contribution in [2.24, 2.45) is 0 Å². The summed E-state index contributed by atoms with van der Waals surface area (Å²) in [5.41, 5.74) is 2.23. The van der Waals surface area contributed by atoms with Gasteiger partial charge in [-0.15, -0.1) is 0 Å². The molecular weight excluding hydrogens is 424 g/mol. The second-order valence-electron chi connectivity index (χ2n) is 3.90. The molecule has 0 spiro atoms. The standard InChI is InChI=1S/C14H11Br3O/c1-9-2-3-12(17)7-14(9)18-13-5-4-11(16)6-10(13)8-15/h2-7H,8H2,1H3. The molecule has 18 heavy (non-hydrogen) atoms. The van der Waals surface area contributed by atoms with E-state index >= 15 is 0 Å². The van der Waals surface area contributed by atoms with Gasteiger partial charge in [0.1, 0.15) is 11.5 Å². The molecule has 0 aliphatic heterocycles. The van der Waals surface area contributed by atoms with Gasteiger partial charge in [-0.1, -0.05) is 53.9 Å². The first-order valence-electron chi connectivity index (χ1n) is 5.38. The third kappa shape index (κ3) is 3.37. The van der Waals surface area contributed by atoms with Gasteiger partial charge in [0, 0.05) is 19.8 Å². The van der Waals surface area contributed by atoms with Crippen molar-refractivity contribution in [1.29, 1.82) is 0 Å². The van der Waals surface area contributed by atoms with Crippen LogP contribution in [0.5, 0.6) is 11.5 Å². The molecule has 0 amide bonds. The van der Waals surface area contributed by atoms with Crippen LogP contribution in [0.25, 0.3) is 0 Å². The van der Waals surface area contributed by atoms with Crippen molar-refractivity contribution in [3.63, 3.8) is 0 Å². The topological polar surface area (TPSA) is 9.23 Å². The van der Waals surface area contributed by atoms with E-state index in [1.54, 1.807) is 0 Å². The molecule has 0 fully saturated rings. The van der Waals surface area contributed by atoms with Crippen molar-refractivity contribution in [2.75, 3.05) is 0 Å². The van der Waals surface area contributed by atoms with Crippen molar-refractivity contribution in [3.05, 3.63) is 56.5 Å². The van der Waals surface area contributed by atoms with Crippen LogP contribution in [0.1, 0.15) is 11.1 Å². The smallest absolute Gasteiger partial charge is 0.131 e. The minimum atomic E-state index is 0.759. The van der Waals surface area contributed by atoms with Gasteiger partial charge in [0.25, 0.3) is 0 Å². The monoisotopic (exact) mass is 432 g/mol. The van der Waals surface area contributed by atoms with Crippen molar-refractivity contribution >= 4 is 47.8 Å². The Bertz CT molecular complexity index is 567. The van der Waals surface area contributed by atoms with Crippen LogP contribution in [0, 0.1) is 6.92 Å². The van der Waals surface area contributed by atoms with Crippen LogP contribution in [0.4, 0.5) is 0 Å². The third-order valence-corrected chi connectivity index (χ3v) is 4.13. The van der Waals surface area contributed by atoms with Crippen molar-refractivity contribution in [3.8, 4) is 11.5 Å². The Balaban J connectivity index is 2.36. The van der Waals surface area contributed by atoms with Crippen LogP contribution in [-0.2, 0) is 5.33 Å². The Labute approximate surface area is 132 Å². The van der Waals surface area contributed by atoms with E-state index in [1.807, 2.05) is 37.3 Å². The molecule has 2 aromatic carbocycles. The van der Waals surface area contributed by atoms with E-state index in [0.717, 1.165) is 36.9 Å². The molecule has 0 N–H and O–H groups in total. The highest BCUT2D eigenvalue weighted by molar-refractivity contribution is 9.10. The number of hydrogen-bond donors (Lipinski definition) is 0. The molecule has 0 aliphatic rings. The summed E-state index contributed by atoms with van der Waals surface area (Å²) < 4.78 is 8.05. The molecule has 2 rings (SSSR count). The average Bonchev–Trinajstić information content (AvgIpc) is 2.36. The molecule has 0 radical (unpaired) electrons. The summed E-state index contributed by atoms with van der Waals surface area (Å²) in [6.07, 6.45) is 0. The first-order valence-corrected chi connectivity index (χ1v) is 8.09. The normalized spacial score (nSPS) is 10.4. The lowest BCUT2D eigenvalue weighted by Crippen LogP contribution is -1.91. The fourth-order valence-corrected chi connectivity index (χ4v) is 2.74. The average molecular weight is 435 g/mol. The molecule has 0 heterocycles. The summed E-state index contributed by atoms with van der Waals surface area (Å²) in [6.45, 7) is 2.04. The predicted octanol–water partition coefficient (Wildman–Crippen LogP) is 6.21. The molecule has 0 unspecified atom stereocenters. The van der Waals surface area contributed by atoms with E-state index in [4.69, 9.17) is 4.74 Å². The number of benzene rings is 2. The van der Waals surface area contributed by atoms with Crippen LogP contribution in [0.15, 0.2) is 45.3 Å². The summed E-state index contributed by atoms with van der Waals surface area (Å²) in [4.78, 5) is 0. The molecule has 1 nitrogen and oxygen atoms in total. The van der Waals surface area contributed by atoms with Gasteiger partial charge in [-0.3, -0.25) is 0 Å². The SMILES string of the molecule is Cc1ccc(Br)cc1Oc1ccc(Br)cc1CBr. The minimum Gasteiger partial charge on any atom is -0.457 e. The van der Waals surface area contributed by atoms with Crippen LogP contribution < -0.4 is 4.74 Å². The Morgan fingerprint density at radius 2 is 1.61 bits per heavy atom. The van der Waals surface area contributed by atoms with E-state index in [1.165, 1.54) is 0 Å². The Morgan fingerprint density at radius 1 is 0.944 bits per heavy atom. The molecule has 2 aromatic rings. The lowest BCUT2D eigenvalue weighted by atomic mass is 10.2. The predicted molar refractivity (Wildman–Crippen MR) is 85.7 cm³/mol. The molecule has 0 bridgehead atoms. The van der Waals surface area contributed by atoms with E-state index in [-0.39, 0.29) is 0 Å². The zero-order valence-electron chi connectivity index (χ0n) is 9.71. The largest absolute Gasteiger partial charge is 0.457 e. The van der Waals surface area contributed by atoms with Gasteiger partial charge in [0.05, 0.1) is 0 Å².